The number of nitrogens with zero attached hydrogens (tertiary/aromatic N) is 1. The van der Waals surface area contributed by atoms with Gasteiger partial charge in [-0.15, -0.1) is 0 Å². The number of rotatable bonds is 6. The van der Waals surface area contributed by atoms with Crippen molar-refractivity contribution in [1.29, 1.82) is 0 Å². The van der Waals surface area contributed by atoms with Crippen LogP contribution in [0.5, 0.6) is 0 Å². The van der Waals surface area contributed by atoms with Crippen molar-refractivity contribution in [3.63, 3.8) is 0 Å². The lowest BCUT2D eigenvalue weighted by molar-refractivity contribution is -0.143. The predicted molar refractivity (Wildman–Crippen MR) is 95.4 cm³/mol. The number of amides is 1. The van der Waals surface area contributed by atoms with E-state index in [1.165, 1.54) is 35.4 Å². The molecular formula is C18H20N2O6S. The quantitative estimate of drug-likeness (QED) is 0.773. The van der Waals surface area contributed by atoms with E-state index >= 15 is 0 Å². The Morgan fingerprint density at radius 1 is 1.22 bits per heavy atom. The van der Waals surface area contributed by atoms with Crippen molar-refractivity contribution in [2.75, 3.05) is 13.1 Å². The summed E-state index contributed by atoms with van der Waals surface area (Å²) in [6, 6.07) is 8.92. The van der Waals surface area contributed by atoms with Crippen LogP contribution >= 0.6 is 0 Å². The number of piperidine rings is 1. The van der Waals surface area contributed by atoms with Crippen molar-refractivity contribution in [3.05, 3.63) is 54.0 Å². The van der Waals surface area contributed by atoms with E-state index in [0.717, 1.165) is 0 Å². The largest absolute Gasteiger partial charge is 0.481 e. The van der Waals surface area contributed by atoms with Gasteiger partial charge in [0, 0.05) is 18.7 Å². The number of likely N-dealkylation sites (tertiary alicyclic amines) is 1. The first-order valence-electron chi connectivity index (χ1n) is 8.51. The van der Waals surface area contributed by atoms with Crippen LogP contribution in [0.2, 0.25) is 0 Å². The summed E-state index contributed by atoms with van der Waals surface area (Å²) in [4.78, 5) is 25.2. The Kier molecular flexibility index (Phi) is 5.62. The molecule has 1 unspecified atom stereocenters. The maximum Gasteiger partial charge on any atom is 0.308 e. The Bertz CT molecular complexity index is 906. The number of sulfonamides is 1. The molecule has 0 radical (unpaired) electrons. The molecule has 0 bridgehead atoms. The molecule has 1 aliphatic heterocycles. The average Bonchev–Trinajstić information content (AvgIpc) is 3.20. The van der Waals surface area contributed by atoms with Crippen LogP contribution in [-0.4, -0.2) is 43.4 Å². The third-order valence-corrected chi connectivity index (χ3v) is 5.90. The third-order valence-electron chi connectivity index (χ3n) is 4.49. The minimum Gasteiger partial charge on any atom is -0.481 e. The van der Waals surface area contributed by atoms with E-state index in [4.69, 9.17) is 9.52 Å². The van der Waals surface area contributed by atoms with Gasteiger partial charge in [0.05, 0.1) is 23.6 Å². The molecule has 1 aliphatic rings. The minimum absolute atomic E-state index is 0.0281. The first-order chi connectivity index (χ1) is 12.9. The van der Waals surface area contributed by atoms with E-state index in [1.807, 2.05) is 0 Å². The molecular weight excluding hydrogens is 372 g/mol. The van der Waals surface area contributed by atoms with Crippen molar-refractivity contribution in [2.24, 2.45) is 5.92 Å². The number of nitrogens with one attached hydrogen (secondary N) is 1. The maximum absolute atomic E-state index is 12.6. The van der Waals surface area contributed by atoms with Crippen molar-refractivity contribution in [1.82, 2.24) is 9.62 Å². The second kappa shape index (κ2) is 7.93. The zero-order valence-electron chi connectivity index (χ0n) is 14.5. The van der Waals surface area contributed by atoms with E-state index in [0.29, 0.717) is 30.7 Å². The van der Waals surface area contributed by atoms with Gasteiger partial charge >= 0.3 is 5.97 Å². The molecule has 1 atom stereocenters. The smallest absolute Gasteiger partial charge is 0.308 e. The number of hydrogen-bond acceptors (Lipinski definition) is 5. The lowest BCUT2D eigenvalue weighted by atomic mass is 9.97. The lowest BCUT2D eigenvalue weighted by Gasteiger charge is -2.30. The molecule has 9 heteroatoms. The summed E-state index contributed by atoms with van der Waals surface area (Å²) in [6.45, 7) is 0.687. The lowest BCUT2D eigenvalue weighted by Crippen LogP contribution is -2.42. The molecule has 1 aromatic heterocycles. The van der Waals surface area contributed by atoms with Crippen LogP contribution in [-0.2, 0) is 21.4 Å². The van der Waals surface area contributed by atoms with Gasteiger partial charge < -0.3 is 14.4 Å². The van der Waals surface area contributed by atoms with Crippen LogP contribution < -0.4 is 4.72 Å². The molecule has 1 amide bonds. The summed E-state index contributed by atoms with van der Waals surface area (Å²) in [5.74, 6) is -1.28. The number of furan rings is 1. The van der Waals surface area contributed by atoms with Crippen LogP contribution in [0.4, 0.5) is 0 Å². The van der Waals surface area contributed by atoms with E-state index < -0.39 is 21.9 Å². The second-order valence-electron chi connectivity index (χ2n) is 6.36. The summed E-state index contributed by atoms with van der Waals surface area (Å²) in [5, 5.41) is 9.14. The van der Waals surface area contributed by atoms with Crippen LogP contribution in [0, 0.1) is 5.92 Å². The Labute approximate surface area is 156 Å². The van der Waals surface area contributed by atoms with Crippen molar-refractivity contribution in [2.45, 2.75) is 24.3 Å². The van der Waals surface area contributed by atoms with Crippen LogP contribution in [0.15, 0.2) is 52.0 Å². The van der Waals surface area contributed by atoms with Crippen molar-refractivity contribution in [3.8, 4) is 0 Å². The molecule has 2 aromatic rings. The summed E-state index contributed by atoms with van der Waals surface area (Å²) in [6.07, 6.45) is 2.64. The molecule has 1 fully saturated rings. The standard InChI is InChI=1S/C18H20N2O6S/c21-17(20-9-1-3-14(12-20)18(22)23)13-5-7-16(8-6-13)27(24,25)19-11-15-4-2-10-26-15/h2,4-8,10,14,19H,1,3,9,11-12H2,(H,22,23). The van der Waals surface area contributed by atoms with Gasteiger partial charge in [-0.1, -0.05) is 0 Å². The highest BCUT2D eigenvalue weighted by molar-refractivity contribution is 7.89. The first-order valence-corrected chi connectivity index (χ1v) is 9.99. The molecule has 0 saturated carbocycles. The molecule has 2 heterocycles. The van der Waals surface area contributed by atoms with Crippen LogP contribution in [0.25, 0.3) is 0 Å². The predicted octanol–water partition coefficient (Wildman–Crippen LogP) is 1.69. The number of benzene rings is 1. The number of carbonyl (C=O) groups excluding carboxylic acids is 1. The molecule has 8 nitrogen and oxygen atoms in total. The maximum atomic E-state index is 12.6. The van der Waals surface area contributed by atoms with Gasteiger partial charge in [-0.25, -0.2) is 13.1 Å². The fraction of sp³-hybridized carbons (Fsp3) is 0.333. The van der Waals surface area contributed by atoms with Gasteiger partial charge in [-0.3, -0.25) is 9.59 Å². The van der Waals surface area contributed by atoms with Crippen molar-refractivity contribution >= 4 is 21.9 Å². The Morgan fingerprint density at radius 2 is 1.96 bits per heavy atom. The third kappa shape index (κ3) is 4.55. The Morgan fingerprint density at radius 3 is 2.59 bits per heavy atom. The van der Waals surface area contributed by atoms with Gasteiger partial charge in [0.1, 0.15) is 5.76 Å². The molecule has 1 saturated heterocycles. The highest BCUT2D eigenvalue weighted by Gasteiger charge is 2.28. The zero-order valence-corrected chi connectivity index (χ0v) is 15.3. The number of carboxylic acid groups (broad SMARTS) is 1. The summed E-state index contributed by atoms with van der Waals surface area (Å²) < 4.78 is 32.1. The van der Waals surface area contributed by atoms with Crippen LogP contribution in [0.3, 0.4) is 0 Å². The minimum atomic E-state index is -3.74. The number of carbonyl (C=O) groups is 2. The highest BCUT2D eigenvalue weighted by atomic mass is 32.2. The van der Waals surface area contributed by atoms with E-state index in [9.17, 15) is 18.0 Å². The molecule has 0 aliphatic carbocycles. The fourth-order valence-electron chi connectivity index (χ4n) is 2.99. The van der Waals surface area contributed by atoms with Gasteiger partial charge in [0.2, 0.25) is 10.0 Å². The van der Waals surface area contributed by atoms with Crippen molar-refractivity contribution < 1.29 is 27.5 Å². The van der Waals surface area contributed by atoms with Crippen LogP contribution in [0.1, 0.15) is 29.0 Å². The summed E-state index contributed by atoms with van der Waals surface area (Å²) in [7, 11) is -3.74. The van der Waals surface area contributed by atoms with Gasteiger partial charge in [-0.05, 0) is 49.2 Å². The number of aliphatic carboxylic acids is 1. The van der Waals surface area contributed by atoms with Gasteiger partial charge in [0.25, 0.3) is 5.91 Å². The topological polar surface area (TPSA) is 117 Å². The van der Waals surface area contributed by atoms with Gasteiger partial charge in [-0.2, -0.15) is 0 Å². The number of hydrogen-bond donors (Lipinski definition) is 2. The highest BCUT2D eigenvalue weighted by Crippen LogP contribution is 2.20. The summed E-state index contributed by atoms with van der Waals surface area (Å²) in [5.41, 5.74) is 0.325. The zero-order chi connectivity index (χ0) is 19.4. The molecule has 2 N–H and O–H groups in total. The summed E-state index contributed by atoms with van der Waals surface area (Å²) >= 11 is 0. The molecule has 0 spiro atoms. The fourth-order valence-corrected chi connectivity index (χ4v) is 3.98. The van der Waals surface area contributed by atoms with Gasteiger partial charge in [0.15, 0.2) is 0 Å². The Hall–Kier alpha value is -2.65. The van der Waals surface area contributed by atoms with E-state index in [-0.39, 0.29) is 23.9 Å². The molecule has 144 valence electrons. The Balaban J connectivity index is 1.67. The molecule has 3 rings (SSSR count). The number of carboxylic acids is 1. The van der Waals surface area contributed by atoms with E-state index in [2.05, 4.69) is 4.72 Å². The molecule has 27 heavy (non-hydrogen) atoms. The normalized spacial score (nSPS) is 17.6. The monoisotopic (exact) mass is 392 g/mol. The average molecular weight is 392 g/mol. The SMILES string of the molecule is O=C(O)C1CCCN(C(=O)c2ccc(S(=O)(=O)NCc3ccco3)cc2)C1. The molecule has 1 aromatic carbocycles. The second-order valence-corrected chi connectivity index (χ2v) is 8.12. The first kappa shape index (κ1) is 19.1. The van der Waals surface area contributed by atoms with E-state index in [1.54, 1.807) is 12.1 Å².